The Labute approximate surface area is 127 Å². The van der Waals surface area contributed by atoms with Crippen molar-refractivity contribution in [1.82, 2.24) is 4.72 Å². The van der Waals surface area contributed by atoms with E-state index in [1.807, 2.05) is 0 Å². The predicted molar refractivity (Wildman–Crippen MR) is 76.7 cm³/mol. The highest BCUT2D eigenvalue weighted by atomic mass is 35.5. The highest BCUT2D eigenvalue weighted by molar-refractivity contribution is 7.89. The second kappa shape index (κ2) is 6.79. The minimum absolute atomic E-state index is 0.0116. The fourth-order valence-corrected chi connectivity index (χ4v) is 2.72. The minimum atomic E-state index is -3.96. The van der Waals surface area contributed by atoms with E-state index in [9.17, 15) is 13.2 Å². The molecular formula is C12H14ClNO6S. The lowest BCUT2D eigenvalue weighted by Gasteiger charge is -2.13. The average Bonchev–Trinajstić information content (AvgIpc) is 2.43. The van der Waals surface area contributed by atoms with Crippen molar-refractivity contribution in [2.45, 2.75) is 4.90 Å². The van der Waals surface area contributed by atoms with Crippen molar-refractivity contribution >= 4 is 27.6 Å². The molecule has 1 aromatic rings. The highest BCUT2D eigenvalue weighted by Gasteiger charge is 2.23. The number of benzene rings is 1. The van der Waals surface area contributed by atoms with Crippen LogP contribution in [0.3, 0.4) is 0 Å². The van der Waals surface area contributed by atoms with Gasteiger partial charge in [-0.15, -0.1) is 0 Å². The Morgan fingerprint density at radius 3 is 2.43 bits per heavy atom. The summed E-state index contributed by atoms with van der Waals surface area (Å²) in [6, 6.07) is 2.13. The van der Waals surface area contributed by atoms with Crippen molar-refractivity contribution in [3.05, 3.63) is 29.3 Å². The van der Waals surface area contributed by atoms with Crippen LogP contribution in [0.2, 0.25) is 0 Å². The fourth-order valence-electron chi connectivity index (χ4n) is 1.51. The number of sulfonamides is 1. The molecule has 0 bridgehead atoms. The number of methoxy groups -OCH3 is 2. The zero-order valence-corrected chi connectivity index (χ0v) is 12.9. The molecule has 0 unspecified atom stereocenters. The van der Waals surface area contributed by atoms with Crippen LogP contribution in [0, 0.1) is 0 Å². The quantitative estimate of drug-likeness (QED) is 0.781. The van der Waals surface area contributed by atoms with Gasteiger partial charge < -0.3 is 14.6 Å². The van der Waals surface area contributed by atoms with Crippen LogP contribution in [0.25, 0.3) is 0 Å². The maximum atomic E-state index is 12.1. The van der Waals surface area contributed by atoms with Crippen LogP contribution in [-0.4, -0.2) is 40.3 Å². The number of rotatable bonds is 7. The third-order valence-corrected chi connectivity index (χ3v) is 3.96. The number of nitrogens with one attached hydrogen (secondary N) is 1. The molecule has 116 valence electrons. The van der Waals surface area contributed by atoms with E-state index in [4.69, 9.17) is 26.2 Å². The molecule has 0 heterocycles. The van der Waals surface area contributed by atoms with Crippen molar-refractivity contribution < 1.29 is 27.8 Å². The summed E-state index contributed by atoms with van der Waals surface area (Å²) in [6.45, 7) is 3.18. The van der Waals surface area contributed by atoms with E-state index in [0.29, 0.717) is 0 Å². The van der Waals surface area contributed by atoms with Gasteiger partial charge in [-0.1, -0.05) is 18.2 Å². The second-order valence-electron chi connectivity index (χ2n) is 3.85. The summed E-state index contributed by atoms with van der Waals surface area (Å²) in [5, 5.41) is 9.23. The van der Waals surface area contributed by atoms with Gasteiger partial charge in [-0.3, -0.25) is 0 Å². The van der Waals surface area contributed by atoms with Gasteiger partial charge in [0.15, 0.2) is 11.5 Å². The van der Waals surface area contributed by atoms with E-state index >= 15 is 0 Å². The lowest BCUT2D eigenvalue weighted by Crippen LogP contribution is -2.25. The lowest BCUT2D eigenvalue weighted by atomic mass is 10.2. The number of carbonyl (C=O) groups is 1. The molecule has 0 aliphatic heterocycles. The summed E-state index contributed by atoms with van der Waals surface area (Å²) < 4.78 is 36.2. The van der Waals surface area contributed by atoms with Gasteiger partial charge in [0.05, 0.1) is 19.1 Å². The first-order chi connectivity index (χ1) is 9.72. The molecule has 0 aliphatic carbocycles. The molecule has 1 rings (SSSR count). The van der Waals surface area contributed by atoms with Gasteiger partial charge in [-0.2, -0.15) is 0 Å². The van der Waals surface area contributed by atoms with Gasteiger partial charge in [0.25, 0.3) is 0 Å². The van der Waals surface area contributed by atoms with Crippen molar-refractivity contribution in [3.8, 4) is 11.5 Å². The maximum Gasteiger partial charge on any atom is 0.339 e. The summed E-state index contributed by atoms with van der Waals surface area (Å²) in [6.07, 6.45) is 0. The van der Waals surface area contributed by atoms with E-state index in [1.54, 1.807) is 0 Å². The molecule has 7 nitrogen and oxygen atoms in total. The van der Waals surface area contributed by atoms with Crippen LogP contribution < -0.4 is 14.2 Å². The van der Waals surface area contributed by atoms with Crippen molar-refractivity contribution in [2.24, 2.45) is 0 Å². The van der Waals surface area contributed by atoms with Crippen molar-refractivity contribution in [2.75, 3.05) is 20.8 Å². The number of hydrogen-bond acceptors (Lipinski definition) is 5. The molecule has 0 spiro atoms. The molecule has 9 heteroatoms. The van der Waals surface area contributed by atoms with Crippen LogP contribution in [0.1, 0.15) is 10.4 Å². The summed E-state index contributed by atoms with van der Waals surface area (Å²) in [4.78, 5) is 10.9. The van der Waals surface area contributed by atoms with Crippen molar-refractivity contribution in [3.63, 3.8) is 0 Å². The minimum Gasteiger partial charge on any atom is -0.493 e. The Hall–Kier alpha value is -1.77. The first-order valence-corrected chi connectivity index (χ1v) is 7.41. The standard InChI is InChI=1S/C12H14ClNO6S/c1-7(13)6-14-21(17,18)8-4-9(12(15)16)11(20-3)10(5-8)19-2/h4-5,14H,1,6H2,2-3H3,(H,15,16). The first-order valence-electron chi connectivity index (χ1n) is 5.55. The Kier molecular flexibility index (Phi) is 5.59. The predicted octanol–water partition coefficient (Wildman–Crippen LogP) is 1.43. The summed E-state index contributed by atoms with van der Waals surface area (Å²) in [5.74, 6) is -1.42. The molecular weight excluding hydrogens is 322 g/mol. The number of hydrogen-bond donors (Lipinski definition) is 2. The summed E-state index contributed by atoms with van der Waals surface area (Å²) in [5.41, 5.74) is -0.332. The summed E-state index contributed by atoms with van der Waals surface area (Å²) >= 11 is 5.50. The molecule has 2 N–H and O–H groups in total. The monoisotopic (exact) mass is 335 g/mol. The molecule has 1 aromatic carbocycles. The third kappa shape index (κ3) is 4.10. The second-order valence-corrected chi connectivity index (χ2v) is 6.15. The zero-order valence-electron chi connectivity index (χ0n) is 11.3. The average molecular weight is 336 g/mol. The van der Waals surface area contributed by atoms with E-state index in [-0.39, 0.29) is 33.5 Å². The number of carboxylic acids is 1. The molecule has 0 aliphatic rings. The molecule has 21 heavy (non-hydrogen) atoms. The van der Waals surface area contributed by atoms with Gasteiger partial charge in [-0.05, 0) is 6.07 Å². The van der Waals surface area contributed by atoms with Crippen LogP contribution in [0.4, 0.5) is 0 Å². The largest absolute Gasteiger partial charge is 0.493 e. The van der Waals surface area contributed by atoms with Gasteiger partial charge in [0.1, 0.15) is 5.56 Å². The smallest absolute Gasteiger partial charge is 0.339 e. The van der Waals surface area contributed by atoms with E-state index in [0.717, 1.165) is 12.1 Å². The Balaban J connectivity index is 3.41. The van der Waals surface area contributed by atoms with Gasteiger partial charge in [0.2, 0.25) is 10.0 Å². The SMILES string of the molecule is C=C(Cl)CNS(=O)(=O)c1cc(OC)c(OC)c(C(=O)O)c1. The maximum absolute atomic E-state index is 12.1. The molecule has 0 aromatic heterocycles. The van der Waals surface area contributed by atoms with Crippen LogP contribution >= 0.6 is 11.6 Å². The molecule has 0 amide bonds. The Morgan fingerprint density at radius 2 is 2.00 bits per heavy atom. The van der Waals surface area contributed by atoms with E-state index < -0.39 is 16.0 Å². The highest BCUT2D eigenvalue weighted by Crippen LogP contribution is 2.34. The Bertz CT molecular complexity index is 671. The Morgan fingerprint density at radius 1 is 1.38 bits per heavy atom. The molecule has 0 saturated carbocycles. The van der Waals surface area contributed by atoms with E-state index in [1.165, 1.54) is 14.2 Å². The van der Waals surface area contributed by atoms with Gasteiger partial charge in [-0.25, -0.2) is 17.9 Å². The number of carboxylic acid groups (broad SMARTS) is 1. The molecule has 0 radical (unpaired) electrons. The van der Waals surface area contributed by atoms with Crippen molar-refractivity contribution in [1.29, 1.82) is 0 Å². The van der Waals surface area contributed by atoms with Gasteiger partial charge >= 0.3 is 5.97 Å². The van der Waals surface area contributed by atoms with Crippen LogP contribution in [0.15, 0.2) is 28.6 Å². The third-order valence-electron chi connectivity index (χ3n) is 2.45. The van der Waals surface area contributed by atoms with E-state index in [2.05, 4.69) is 11.3 Å². The topological polar surface area (TPSA) is 102 Å². The number of ether oxygens (including phenoxy) is 2. The fraction of sp³-hybridized carbons (Fsp3) is 0.250. The molecule has 0 saturated heterocycles. The number of halogens is 1. The number of aromatic carboxylic acids is 1. The molecule has 0 fully saturated rings. The van der Waals surface area contributed by atoms with Gasteiger partial charge in [0, 0.05) is 17.6 Å². The lowest BCUT2D eigenvalue weighted by molar-refractivity contribution is 0.0692. The van der Waals surface area contributed by atoms with Crippen LogP contribution in [-0.2, 0) is 10.0 Å². The zero-order chi connectivity index (χ0) is 16.2. The first kappa shape index (κ1) is 17.3. The normalized spacial score (nSPS) is 11.0. The van der Waals surface area contributed by atoms with Crippen LogP contribution in [0.5, 0.6) is 11.5 Å². The molecule has 0 atom stereocenters. The summed E-state index contributed by atoms with van der Waals surface area (Å²) in [7, 11) is -1.43.